The fourth-order valence-corrected chi connectivity index (χ4v) is 3.15. The fourth-order valence-electron chi connectivity index (χ4n) is 1.94. The molecule has 0 saturated heterocycles. The largest absolute Gasteiger partial charge is 0.492 e. The lowest BCUT2D eigenvalue weighted by Gasteiger charge is -2.18. The van der Waals surface area contributed by atoms with E-state index in [0.717, 1.165) is 5.75 Å². The molecular weight excluding hydrogens is 288 g/mol. The molecule has 21 heavy (non-hydrogen) atoms. The summed E-state index contributed by atoms with van der Waals surface area (Å²) in [6.07, 6.45) is 0. The van der Waals surface area contributed by atoms with Crippen molar-refractivity contribution in [2.24, 2.45) is 0 Å². The third-order valence-corrected chi connectivity index (χ3v) is 5.01. The van der Waals surface area contributed by atoms with Gasteiger partial charge in [-0.15, -0.1) is 0 Å². The van der Waals surface area contributed by atoms with Crippen molar-refractivity contribution in [2.75, 3.05) is 26.2 Å². The van der Waals surface area contributed by atoms with Crippen LogP contribution in [0.5, 0.6) is 5.75 Å². The van der Waals surface area contributed by atoms with Crippen LogP contribution in [0.15, 0.2) is 24.3 Å². The molecule has 0 atom stereocenters. The number of hydrogen-bond donors (Lipinski definition) is 1. The van der Waals surface area contributed by atoms with Gasteiger partial charge in [0.15, 0.2) is 0 Å². The maximum atomic E-state index is 11.9. The van der Waals surface area contributed by atoms with E-state index in [9.17, 15) is 8.42 Å². The molecule has 1 aromatic rings. The van der Waals surface area contributed by atoms with Gasteiger partial charge in [-0.3, -0.25) is 0 Å². The van der Waals surface area contributed by atoms with Crippen LogP contribution in [0.1, 0.15) is 39.2 Å². The van der Waals surface area contributed by atoms with Gasteiger partial charge in [0.25, 0.3) is 10.2 Å². The van der Waals surface area contributed by atoms with Crippen LogP contribution < -0.4 is 9.46 Å². The summed E-state index contributed by atoms with van der Waals surface area (Å²) in [5, 5.41) is 0. The minimum atomic E-state index is -3.39. The molecule has 0 aromatic heterocycles. The minimum absolute atomic E-state index is 0.255. The molecule has 1 aromatic carbocycles. The highest BCUT2D eigenvalue weighted by molar-refractivity contribution is 7.87. The Morgan fingerprint density at radius 3 is 2.19 bits per heavy atom. The van der Waals surface area contributed by atoms with Crippen molar-refractivity contribution in [3.05, 3.63) is 29.8 Å². The zero-order chi connectivity index (χ0) is 15.9. The van der Waals surface area contributed by atoms with E-state index in [-0.39, 0.29) is 6.54 Å². The van der Waals surface area contributed by atoms with Crippen LogP contribution in [0.3, 0.4) is 0 Å². The molecule has 1 N–H and O–H groups in total. The highest BCUT2D eigenvalue weighted by Crippen LogP contribution is 2.18. The topological polar surface area (TPSA) is 58.6 Å². The van der Waals surface area contributed by atoms with Crippen LogP contribution in [0.4, 0.5) is 0 Å². The van der Waals surface area contributed by atoms with E-state index in [0.29, 0.717) is 25.6 Å². The molecule has 0 aliphatic carbocycles. The molecule has 0 fully saturated rings. The Bertz CT molecular complexity index is 508. The van der Waals surface area contributed by atoms with Crippen molar-refractivity contribution >= 4 is 10.2 Å². The van der Waals surface area contributed by atoms with E-state index in [1.807, 2.05) is 38.1 Å². The monoisotopic (exact) mass is 314 g/mol. The van der Waals surface area contributed by atoms with E-state index in [1.165, 1.54) is 9.87 Å². The Balaban J connectivity index is 2.40. The van der Waals surface area contributed by atoms with Gasteiger partial charge in [0, 0.05) is 19.6 Å². The number of nitrogens with zero attached hydrogens (tertiary/aromatic N) is 1. The standard InChI is InChI=1S/C15H26N2O3S/c1-5-17(6-2)21(18,19)16-11-12-20-15-9-7-14(8-10-15)13(3)4/h7-10,13,16H,5-6,11-12H2,1-4H3. The van der Waals surface area contributed by atoms with Crippen molar-refractivity contribution in [3.63, 3.8) is 0 Å². The Labute approximate surface area is 128 Å². The highest BCUT2D eigenvalue weighted by Gasteiger charge is 2.17. The number of ether oxygens (including phenoxy) is 1. The maximum Gasteiger partial charge on any atom is 0.279 e. The maximum absolute atomic E-state index is 11.9. The van der Waals surface area contributed by atoms with Crippen molar-refractivity contribution in [3.8, 4) is 5.75 Å². The lowest BCUT2D eigenvalue weighted by atomic mass is 10.0. The Kier molecular flexibility index (Phi) is 7.14. The van der Waals surface area contributed by atoms with Gasteiger partial charge in [-0.2, -0.15) is 17.4 Å². The zero-order valence-electron chi connectivity index (χ0n) is 13.3. The molecule has 0 amide bonds. The number of hydrogen-bond acceptors (Lipinski definition) is 3. The van der Waals surface area contributed by atoms with Gasteiger partial charge in [-0.1, -0.05) is 39.8 Å². The number of benzene rings is 1. The zero-order valence-corrected chi connectivity index (χ0v) is 14.1. The second-order valence-electron chi connectivity index (χ2n) is 5.06. The molecule has 0 radical (unpaired) electrons. The number of rotatable bonds is 9. The van der Waals surface area contributed by atoms with Crippen LogP contribution in [-0.2, 0) is 10.2 Å². The summed E-state index contributed by atoms with van der Waals surface area (Å²) in [5.74, 6) is 1.24. The fraction of sp³-hybridized carbons (Fsp3) is 0.600. The molecule has 0 unspecified atom stereocenters. The Morgan fingerprint density at radius 1 is 1.14 bits per heavy atom. The minimum Gasteiger partial charge on any atom is -0.492 e. The van der Waals surface area contributed by atoms with Crippen molar-refractivity contribution < 1.29 is 13.2 Å². The summed E-state index contributed by atoms with van der Waals surface area (Å²) in [6.45, 7) is 9.39. The van der Waals surface area contributed by atoms with Crippen LogP contribution in [0.25, 0.3) is 0 Å². The summed E-state index contributed by atoms with van der Waals surface area (Å²) >= 11 is 0. The molecule has 5 nitrogen and oxygen atoms in total. The van der Waals surface area contributed by atoms with Crippen molar-refractivity contribution in [1.29, 1.82) is 0 Å². The third-order valence-electron chi connectivity index (χ3n) is 3.25. The SMILES string of the molecule is CCN(CC)S(=O)(=O)NCCOc1ccc(C(C)C)cc1. The summed E-state index contributed by atoms with van der Waals surface area (Å²) < 4.78 is 33.2. The predicted octanol–water partition coefficient (Wildman–Crippen LogP) is 2.37. The van der Waals surface area contributed by atoms with E-state index in [4.69, 9.17) is 4.74 Å². The highest BCUT2D eigenvalue weighted by atomic mass is 32.2. The van der Waals surface area contributed by atoms with E-state index >= 15 is 0 Å². The summed E-state index contributed by atoms with van der Waals surface area (Å²) in [7, 11) is -3.39. The van der Waals surface area contributed by atoms with Gasteiger partial charge in [0.2, 0.25) is 0 Å². The van der Waals surface area contributed by atoms with Crippen LogP contribution in [0, 0.1) is 0 Å². The average molecular weight is 314 g/mol. The average Bonchev–Trinajstić information content (AvgIpc) is 2.45. The Hall–Kier alpha value is -1.11. The van der Waals surface area contributed by atoms with E-state index in [1.54, 1.807) is 0 Å². The Morgan fingerprint density at radius 2 is 1.71 bits per heavy atom. The first-order valence-corrected chi connectivity index (χ1v) is 8.82. The van der Waals surface area contributed by atoms with Crippen LogP contribution >= 0.6 is 0 Å². The summed E-state index contributed by atoms with van der Waals surface area (Å²) in [5.41, 5.74) is 1.25. The first-order valence-electron chi connectivity index (χ1n) is 7.38. The molecule has 0 spiro atoms. The quantitative estimate of drug-likeness (QED) is 0.712. The molecule has 1 rings (SSSR count). The molecule has 120 valence electrons. The van der Waals surface area contributed by atoms with Crippen LogP contribution in [0.2, 0.25) is 0 Å². The lowest BCUT2D eigenvalue weighted by Crippen LogP contribution is -2.41. The summed E-state index contributed by atoms with van der Waals surface area (Å²) in [4.78, 5) is 0. The first-order chi connectivity index (χ1) is 9.90. The third kappa shape index (κ3) is 5.65. The molecule has 0 bridgehead atoms. The molecule has 0 saturated carbocycles. The predicted molar refractivity (Wildman–Crippen MR) is 85.9 cm³/mol. The second-order valence-corrected chi connectivity index (χ2v) is 6.81. The van der Waals surface area contributed by atoms with E-state index in [2.05, 4.69) is 18.6 Å². The van der Waals surface area contributed by atoms with Gasteiger partial charge in [0.1, 0.15) is 12.4 Å². The molecule has 0 aliphatic rings. The first kappa shape index (κ1) is 17.9. The lowest BCUT2D eigenvalue weighted by molar-refractivity contribution is 0.320. The van der Waals surface area contributed by atoms with Crippen LogP contribution in [-0.4, -0.2) is 39.0 Å². The van der Waals surface area contributed by atoms with Crippen molar-refractivity contribution in [1.82, 2.24) is 9.03 Å². The van der Waals surface area contributed by atoms with E-state index < -0.39 is 10.2 Å². The smallest absolute Gasteiger partial charge is 0.279 e. The normalized spacial score (nSPS) is 12.1. The molecular formula is C15H26N2O3S. The van der Waals surface area contributed by atoms with Crippen molar-refractivity contribution in [2.45, 2.75) is 33.6 Å². The molecule has 0 heterocycles. The second kappa shape index (κ2) is 8.36. The van der Waals surface area contributed by atoms with Gasteiger partial charge in [0.05, 0.1) is 0 Å². The van der Waals surface area contributed by atoms with Gasteiger partial charge >= 0.3 is 0 Å². The van der Waals surface area contributed by atoms with Gasteiger partial charge in [-0.05, 0) is 23.6 Å². The van der Waals surface area contributed by atoms with Gasteiger partial charge in [-0.25, -0.2) is 0 Å². The summed E-state index contributed by atoms with van der Waals surface area (Å²) in [6, 6.07) is 7.88. The number of nitrogens with one attached hydrogen (secondary N) is 1. The van der Waals surface area contributed by atoms with Gasteiger partial charge < -0.3 is 4.74 Å². The molecule has 0 aliphatic heterocycles. The molecule has 6 heteroatoms.